The molecule has 25 heavy (non-hydrogen) atoms. The molecule has 4 nitrogen and oxygen atoms in total. The summed E-state index contributed by atoms with van der Waals surface area (Å²) >= 11 is 8.00. The summed E-state index contributed by atoms with van der Waals surface area (Å²) in [5.41, 5.74) is 0.990. The zero-order valence-electron chi connectivity index (χ0n) is 13.4. The summed E-state index contributed by atoms with van der Waals surface area (Å²) in [4.78, 5) is 25.3. The molecule has 0 aliphatic rings. The van der Waals surface area contributed by atoms with E-state index in [-0.39, 0.29) is 12.4 Å². The average Bonchev–Trinajstić information content (AvgIpc) is 2.59. The number of hydrogen-bond acceptors (Lipinski definition) is 4. The van der Waals surface area contributed by atoms with Crippen molar-refractivity contribution in [3.8, 4) is 6.07 Å². The number of carbonyl (C=O) groups is 2. The highest BCUT2D eigenvalue weighted by Crippen LogP contribution is 2.31. The van der Waals surface area contributed by atoms with Gasteiger partial charge in [-0.2, -0.15) is 5.26 Å². The largest absolute Gasteiger partial charge is 0.465 e. The zero-order valence-corrected chi connectivity index (χ0v) is 16.3. The van der Waals surface area contributed by atoms with E-state index < -0.39 is 17.8 Å². The van der Waals surface area contributed by atoms with Gasteiger partial charge in [-0.1, -0.05) is 23.7 Å². The minimum atomic E-state index is -1.22. The van der Waals surface area contributed by atoms with Crippen LogP contribution in [0.1, 0.15) is 28.8 Å². The Labute approximate surface area is 164 Å². The lowest BCUT2D eigenvalue weighted by Crippen LogP contribution is -2.29. The first-order valence-corrected chi connectivity index (χ1v) is 9.05. The van der Waals surface area contributed by atoms with Gasteiger partial charge in [-0.3, -0.25) is 9.59 Å². The lowest BCUT2D eigenvalue weighted by atomic mass is 9.81. The topological polar surface area (TPSA) is 67.2 Å². The van der Waals surface area contributed by atoms with Gasteiger partial charge in [0, 0.05) is 14.2 Å². The van der Waals surface area contributed by atoms with E-state index in [0.29, 0.717) is 16.1 Å². The normalized spacial score (nSPS) is 12.7. The molecule has 0 saturated heterocycles. The summed E-state index contributed by atoms with van der Waals surface area (Å²) < 4.78 is 5.90. The number of hydrogen-bond donors (Lipinski definition) is 0. The maximum absolute atomic E-state index is 13.1. The van der Waals surface area contributed by atoms with Gasteiger partial charge in [-0.15, -0.1) is 0 Å². The molecule has 2 atom stereocenters. The second kappa shape index (κ2) is 8.97. The van der Waals surface area contributed by atoms with Crippen LogP contribution in [-0.2, 0) is 9.53 Å². The summed E-state index contributed by atoms with van der Waals surface area (Å²) in [6, 6.07) is 15.5. The molecule has 0 saturated carbocycles. The van der Waals surface area contributed by atoms with E-state index in [4.69, 9.17) is 16.3 Å². The van der Waals surface area contributed by atoms with Gasteiger partial charge in [0.2, 0.25) is 0 Å². The molecule has 2 aromatic carbocycles. The summed E-state index contributed by atoms with van der Waals surface area (Å²) in [5.74, 6) is -3.18. The molecule has 2 rings (SSSR count). The second-order valence-electron chi connectivity index (χ2n) is 5.26. The first-order chi connectivity index (χ1) is 12.0. The van der Waals surface area contributed by atoms with E-state index in [9.17, 15) is 14.9 Å². The van der Waals surface area contributed by atoms with Crippen LogP contribution in [0.2, 0.25) is 5.02 Å². The van der Waals surface area contributed by atoms with Gasteiger partial charge in [0.1, 0.15) is 0 Å². The molecule has 0 heterocycles. The highest BCUT2D eigenvalue weighted by molar-refractivity contribution is 14.1. The first-order valence-electron chi connectivity index (χ1n) is 7.59. The molecule has 0 radical (unpaired) electrons. The van der Waals surface area contributed by atoms with Crippen molar-refractivity contribution >= 4 is 45.9 Å². The van der Waals surface area contributed by atoms with Crippen LogP contribution < -0.4 is 0 Å². The number of halogens is 2. The second-order valence-corrected chi connectivity index (χ2v) is 6.94. The Morgan fingerprint density at radius 3 is 2.48 bits per heavy atom. The fraction of sp³-hybridized carbons (Fsp3) is 0.211. The molecule has 0 spiro atoms. The third kappa shape index (κ3) is 4.80. The molecular weight excluding hydrogens is 453 g/mol. The Kier molecular flexibility index (Phi) is 6.97. The number of carbonyl (C=O) groups excluding carboxylic acids is 2. The smallest absolute Gasteiger partial charge is 0.324 e. The van der Waals surface area contributed by atoms with Gasteiger partial charge in [0.25, 0.3) is 0 Å². The summed E-state index contributed by atoms with van der Waals surface area (Å²) in [6.07, 6.45) is 0. The molecule has 0 N–H and O–H groups in total. The van der Waals surface area contributed by atoms with Crippen molar-refractivity contribution in [2.45, 2.75) is 12.8 Å². The molecule has 2 unspecified atom stereocenters. The predicted octanol–water partition coefficient (Wildman–Crippen LogP) is 4.61. The quantitative estimate of drug-likeness (QED) is 0.353. The zero-order chi connectivity index (χ0) is 18.4. The Hall–Kier alpha value is -1.91. The van der Waals surface area contributed by atoms with Crippen molar-refractivity contribution in [3.63, 3.8) is 0 Å². The Morgan fingerprint density at radius 2 is 1.92 bits per heavy atom. The highest BCUT2D eigenvalue weighted by Gasteiger charge is 2.36. The third-order valence-electron chi connectivity index (χ3n) is 3.63. The summed E-state index contributed by atoms with van der Waals surface area (Å²) in [5, 5.41) is 10.0. The van der Waals surface area contributed by atoms with Gasteiger partial charge in [-0.05, 0) is 71.5 Å². The van der Waals surface area contributed by atoms with Crippen LogP contribution in [-0.4, -0.2) is 18.4 Å². The van der Waals surface area contributed by atoms with Crippen molar-refractivity contribution in [2.75, 3.05) is 6.61 Å². The molecule has 0 aromatic heterocycles. The molecule has 0 aliphatic carbocycles. The molecule has 128 valence electrons. The maximum atomic E-state index is 13.1. The van der Waals surface area contributed by atoms with Gasteiger partial charge in [0.05, 0.1) is 18.6 Å². The van der Waals surface area contributed by atoms with Crippen LogP contribution in [0.25, 0.3) is 0 Å². The predicted molar refractivity (Wildman–Crippen MR) is 103 cm³/mol. The summed E-state index contributed by atoms with van der Waals surface area (Å²) in [6.45, 7) is 1.80. The van der Waals surface area contributed by atoms with E-state index in [0.717, 1.165) is 3.57 Å². The number of ether oxygens (including phenoxy) is 1. The van der Waals surface area contributed by atoms with Gasteiger partial charge in [0.15, 0.2) is 11.7 Å². The van der Waals surface area contributed by atoms with Crippen LogP contribution in [0.5, 0.6) is 0 Å². The van der Waals surface area contributed by atoms with E-state index >= 15 is 0 Å². The Morgan fingerprint density at radius 1 is 1.24 bits per heavy atom. The van der Waals surface area contributed by atoms with Gasteiger partial charge in [-0.25, -0.2) is 0 Å². The molecule has 0 aliphatic heterocycles. The van der Waals surface area contributed by atoms with Crippen molar-refractivity contribution in [1.29, 1.82) is 5.26 Å². The van der Waals surface area contributed by atoms with Crippen LogP contribution >= 0.6 is 34.2 Å². The molecule has 2 aromatic rings. The standard InChI is InChI=1S/C19H15ClINO3/c1-2-25-19(24)16(11-22)17(13-4-3-5-15(21)10-13)18(23)12-6-8-14(20)9-7-12/h3-10,16-17H,2H2,1H3. The summed E-state index contributed by atoms with van der Waals surface area (Å²) in [7, 11) is 0. The number of Topliss-reactive ketones (excluding diaryl/α,β-unsaturated/α-hetero) is 1. The number of rotatable bonds is 6. The number of ketones is 1. The van der Waals surface area contributed by atoms with E-state index in [1.807, 2.05) is 12.1 Å². The van der Waals surface area contributed by atoms with Crippen molar-refractivity contribution < 1.29 is 14.3 Å². The number of benzene rings is 2. The maximum Gasteiger partial charge on any atom is 0.324 e. The number of esters is 1. The van der Waals surface area contributed by atoms with Gasteiger partial charge >= 0.3 is 5.97 Å². The minimum Gasteiger partial charge on any atom is -0.465 e. The monoisotopic (exact) mass is 467 g/mol. The fourth-order valence-corrected chi connectivity index (χ4v) is 3.18. The average molecular weight is 468 g/mol. The molecule has 6 heteroatoms. The fourth-order valence-electron chi connectivity index (χ4n) is 2.48. The highest BCUT2D eigenvalue weighted by atomic mass is 127. The third-order valence-corrected chi connectivity index (χ3v) is 4.55. The SMILES string of the molecule is CCOC(=O)C(C#N)C(C(=O)c1ccc(Cl)cc1)c1cccc(I)c1. The number of nitrogens with zero attached hydrogens (tertiary/aromatic N) is 1. The van der Waals surface area contributed by atoms with Crippen LogP contribution in [0.4, 0.5) is 0 Å². The van der Waals surface area contributed by atoms with Crippen LogP contribution in [0, 0.1) is 20.8 Å². The number of nitriles is 1. The first kappa shape index (κ1) is 19.4. The van der Waals surface area contributed by atoms with Crippen LogP contribution in [0.15, 0.2) is 48.5 Å². The lowest BCUT2D eigenvalue weighted by molar-refractivity contribution is -0.146. The van der Waals surface area contributed by atoms with E-state index in [2.05, 4.69) is 22.6 Å². The molecule has 0 bridgehead atoms. The van der Waals surface area contributed by atoms with E-state index in [1.54, 1.807) is 49.4 Å². The molecule has 0 fully saturated rings. The van der Waals surface area contributed by atoms with E-state index in [1.165, 1.54) is 0 Å². The van der Waals surface area contributed by atoms with Crippen molar-refractivity contribution in [3.05, 3.63) is 68.3 Å². The van der Waals surface area contributed by atoms with Crippen LogP contribution in [0.3, 0.4) is 0 Å². The molecule has 0 amide bonds. The Balaban J connectivity index is 2.51. The lowest BCUT2D eigenvalue weighted by Gasteiger charge is -2.20. The van der Waals surface area contributed by atoms with Crippen molar-refractivity contribution in [2.24, 2.45) is 5.92 Å². The van der Waals surface area contributed by atoms with Gasteiger partial charge < -0.3 is 4.74 Å². The Bertz CT molecular complexity index is 814. The van der Waals surface area contributed by atoms with Crippen molar-refractivity contribution in [1.82, 2.24) is 0 Å². The molecular formula is C19H15ClINO3. The minimum absolute atomic E-state index is 0.144.